The largest absolute Gasteiger partial charge is 0.461 e. The van der Waals surface area contributed by atoms with Crippen LogP contribution in [0.2, 0.25) is 5.02 Å². The van der Waals surface area contributed by atoms with Gasteiger partial charge in [0.1, 0.15) is 11.3 Å². The predicted octanol–water partition coefficient (Wildman–Crippen LogP) is 6.70. The number of carbonyl (C=O) groups is 1. The number of nitrogens with zero attached hydrogens (tertiary/aromatic N) is 1. The van der Waals surface area contributed by atoms with Gasteiger partial charge in [0, 0.05) is 24.2 Å². The van der Waals surface area contributed by atoms with Gasteiger partial charge < -0.3 is 15.4 Å². The maximum Gasteiger partial charge on any atom is 0.461 e. The first kappa shape index (κ1) is 26.7. The van der Waals surface area contributed by atoms with Crippen LogP contribution in [0.3, 0.4) is 0 Å². The van der Waals surface area contributed by atoms with Gasteiger partial charge in [0.05, 0.1) is 10.7 Å². The van der Waals surface area contributed by atoms with Crippen molar-refractivity contribution >= 4 is 17.6 Å². The second-order valence-electron chi connectivity index (χ2n) is 8.97. The summed E-state index contributed by atoms with van der Waals surface area (Å²) >= 11 is 6.07. The van der Waals surface area contributed by atoms with Crippen LogP contribution in [-0.4, -0.2) is 29.6 Å². The van der Waals surface area contributed by atoms with Gasteiger partial charge in [0.25, 0.3) is 0 Å². The molecule has 0 bridgehead atoms. The van der Waals surface area contributed by atoms with Crippen molar-refractivity contribution in [1.82, 2.24) is 15.6 Å². The summed E-state index contributed by atoms with van der Waals surface area (Å²) in [6.07, 6.45) is -3.79. The molecule has 5 nitrogen and oxygen atoms in total. The first-order valence-electron chi connectivity index (χ1n) is 11.9. The number of ether oxygens (including phenoxy) is 1. The SMILES string of the molecule is O=C(NC1CCCC1)N[C@](Cc1ccccc1)(c1ccc(Cl)cn1)c1ccccc1OC(F)(F)C(F)F. The predicted molar refractivity (Wildman–Crippen MR) is 132 cm³/mol. The highest BCUT2D eigenvalue weighted by atomic mass is 35.5. The fraction of sp³-hybridized carbons (Fsp3) is 0.333. The van der Waals surface area contributed by atoms with Gasteiger partial charge in [0.2, 0.25) is 0 Å². The number of para-hydroxylation sites is 1. The molecule has 0 saturated heterocycles. The van der Waals surface area contributed by atoms with Gasteiger partial charge in [-0.3, -0.25) is 4.98 Å². The third kappa shape index (κ3) is 6.33. The zero-order chi connectivity index (χ0) is 26.5. The van der Waals surface area contributed by atoms with Crippen LogP contribution in [0.4, 0.5) is 22.4 Å². The summed E-state index contributed by atoms with van der Waals surface area (Å²) in [6.45, 7) is 0. The molecule has 0 aliphatic heterocycles. The van der Waals surface area contributed by atoms with E-state index in [2.05, 4.69) is 20.4 Å². The topological polar surface area (TPSA) is 63.2 Å². The van der Waals surface area contributed by atoms with Crippen LogP contribution in [0.15, 0.2) is 72.9 Å². The number of pyridine rings is 1. The molecule has 4 rings (SSSR count). The standard InChI is InChI=1S/C27H26ClF4N3O2/c28-19-14-15-23(33-17-19)26(16-18-8-2-1-3-9-18,35-25(36)34-20-10-4-5-11-20)21-12-6-7-13-22(21)37-27(31,32)24(29)30/h1-3,6-9,12-15,17,20,24H,4-5,10-11,16H2,(H2,34,35,36)/t26-/m0/s1. The lowest BCUT2D eigenvalue weighted by Crippen LogP contribution is -2.54. The number of benzene rings is 2. The van der Waals surface area contributed by atoms with Crippen molar-refractivity contribution in [2.45, 2.75) is 56.2 Å². The summed E-state index contributed by atoms with van der Waals surface area (Å²) in [5.41, 5.74) is -0.547. The van der Waals surface area contributed by atoms with Gasteiger partial charge >= 0.3 is 18.6 Å². The van der Waals surface area contributed by atoms with E-state index in [9.17, 15) is 22.4 Å². The van der Waals surface area contributed by atoms with E-state index >= 15 is 0 Å². The van der Waals surface area contributed by atoms with Gasteiger partial charge in [-0.15, -0.1) is 0 Å². The molecule has 1 aliphatic rings. The van der Waals surface area contributed by atoms with Gasteiger partial charge in [-0.1, -0.05) is 73.0 Å². The summed E-state index contributed by atoms with van der Waals surface area (Å²) < 4.78 is 59.0. The van der Waals surface area contributed by atoms with Crippen molar-refractivity contribution in [3.05, 3.63) is 94.8 Å². The molecule has 1 aliphatic carbocycles. The quantitative estimate of drug-likeness (QED) is 0.300. The summed E-state index contributed by atoms with van der Waals surface area (Å²) in [7, 11) is 0. The Morgan fingerprint density at radius 1 is 1.03 bits per heavy atom. The second-order valence-corrected chi connectivity index (χ2v) is 9.41. The summed E-state index contributed by atoms with van der Waals surface area (Å²) in [6, 6.07) is 17.1. The Kier molecular flexibility index (Phi) is 8.22. The minimum Gasteiger partial charge on any atom is -0.428 e. The van der Waals surface area contributed by atoms with E-state index in [0.29, 0.717) is 5.02 Å². The molecule has 10 heteroatoms. The van der Waals surface area contributed by atoms with Crippen molar-refractivity contribution in [2.75, 3.05) is 0 Å². The lowest BCUT2D eigenvalue weighted by atomic mass is 9.80. The zero-order valence-corrected chi connectivity index (χ0v) is 20.5. The van der Waals surface area contributed by atoms with E-state index in [4.69, 9.17) is 11.6 Å². The minimum absolute atomic E-state index is 0.0376. The minimum atomic E-state index is -4.76. The number of hydrogen-bond donors (Lipinski definition) is 2. The number of hydrogen-bond acceptors (Lipinski definition) is 3. The summed E-state index contributed by atoms with van der Waals surface area (Å²) in [5, 5.41) is 6.21. The third-order valence-corrected chi connectivity index (χ3v) is 6.56. The van der Waals surface area contributed by atoms with Crippen molar-refractivity contribution < 1.29 is 27.1 Å². The third-order valence-electron chi connectivity index (χ3n) is 6.34. The van der Waals surface area contributed by atoms with Gasteiger partial charge in [-0.05, 0) is 36.6 Å². The summed E-state index contributed by atoms with van der Waals surface area (Å²) in [5.74, 6) is -0.512. The van der Waals surface area contributed by atoms with Crippen molar-refractivity contribution in [3.63, 3.8) is 0 Å². The molecule has 0 spiro atoms. The molecular formula is C27H26ClF4N3O2. The van der Waals surface area contributed by atoms with Crippen LogP contribution in [0.25, 0.3) is 0 Å². The van der Waals surface area contributed by atoms with Crippen LogP contribution < -0.4 is 15.4 Å². The molecule has 1 saturated carbocycles. The Hall–Kier alpha value is -3.33. The van der Waals surface area contributed by atoms with Crippen LogP contribution in [0, 0.1) is 0 Å². The average Bonchev–Trinajstić information content (AvgIpc) is 3.37. The molecule has 1 fully saturated rings. The molecule has 2 amide bonds. The van der Waals surface area contributed by atoms with E-state index in [1.807, 2.05) is 6.07 Å². The highest BCUT2D eigenvalue weighted by Gasteiger charge is 2.47. The number of carbonyl (C=O) groups excluding carboxylic acids is 1. The molecule has 2 N–H and O–H groups in total. The average molecular weight is 536 g/mol. The number of aromatic nitrogens is 1. The van der Waals surface area contributed by atoms with Gasteiger partial charge in [-0.25, -0.2) is 4.79 Å². The van der Waals surface area contributed by atoms with Crippen molar-refractivity contribution in [1.29, 1.82) is 0 Å². The highest BCUT2D eigenvalue weighted by Crippen LogP contribution is 2.40. The fourth-order valence-electron chi connectivity index (χ4n) is 4.61. The zero-order valence-electron chi connectivity index (χ0n) is 19.8. The smallest absolute Gasteiger partial charge is 0.428 e. The molecule has 2 aromatic carbocycles. The Morgan fingerprint density at radius 3 is 2.35 bits per heavy atom. The normalized spacial score (nSPS) is 15.8. The van der Waals surface area contributed by atoms with E-state index in [1.165, 1.54) is 18.3 Å². The fourth-order valence-corrected chi connectivity index (χ4v) is 4.73. The van der Waals surface area contributed by atoms with Gasteiger partial charge in [-0.2, -0.15) is 17.6 Å². The molecular weight excluding hydrogens is 510 g/mol. The Bertz CT molecular complexity index is 1190. The summed E-state index contributed by atoms with van der Waals surface area (Å²) in [4.78, 5) is 17.8. The molecule has 0 unspecified atom stereocenters. The highest BCUT2D eigenvalue weighted by molar-refractivity contribution is 6.30. The van der Waals surface area contributed by atoms with E-state index in [-0.39, 0.29) is 23.7 Å². The van der Waals surface area contributed by atoms with E-state index in [1.54, 1.807) is 42.5 Å². The lowest BCUT2D eigenvalue weighted by Gasteiger charge is -2.37. The van der Waals surface area contributed by atoms with Crippen LogP contribution in [-0.2, 0) is 12.0 Å². The van der Waals surface area contributed by atoms with Crippen LogP contribution in [0.1, 0.15) is 42.5 Å². The molecule has 196 valence electrons. The maximum atomic E-state index is 14.1. The molecule has 1 aromatic heterocycles. The van der Waals surface area contributed by atoms with Crippen LogP contribution >= 0.6 is 11.6 Å². The van der Waals surface area contributed by atoms with Crippen molar-refractivity contribution in [2.24, 2.45) is 0 Å². The first-order valence-corrected chi connectivity index (χ1v) is 12.3. The molecule has 37 heavy (non-hydrogen) atoms. The number of halogens is 5. The Balaban J connectivity index is 1.88. The first-order chi connectivity index (χ1) is 17.7. The maximum absolute atomic E-state index is 14.1. The monoisotopic (exact) mass is 535 g/mol. The Morgan fingerprint density at radius 2 is 1.70 bits per heavy atom. The molecule has 0 radical (unpaired) electrons. The number of urea groups is 1. The second kappa shape index (κ2) is 11.4. The van der Waals surface area contributed by atoms with Crippen LogP contribution in [0.5, 0.6) is 5.75 Å². The Labute approximate surface area is 217 Å². The number of alkyl halides is 4. The lowest BCUT2D eigenvalue weighted by molar-refractivity contribution is -0.253. The number of rotatable bonds is 9. The van der Waals surface area contributed by atoms with E-state index < -0.39 is 29.9 Å². The molecule has 1 heterocycles. The number of amides is 2. The van der Waals surface area contributed by atoms with Gasteiger partial charge in [0.15, 0.2) is 0 Å². The number of nitrogens with one attached hydrogen (secondary N) is 2. The van der Waals surface area contributed by atoms with E-state index in [0.717, 1.165) is 37.3 Å². The molecule has 3 aromatic rings. The molecule has 1 atom stereocenters. The van der Waals surface area contributed by atoms with Crippen molar-refractivity contribution in [3.8, 4) is 5.75 Å².